The first kappa shape index (κ1) is 14.1. The topological polar surface area (TPSA) is 87.8 Å². The van der Waals surface area contributed by atoms with Crippen molar-refractivity contribution >= 4 is 22.8 Å². The predicted molar refractivity (Wildman–Crippen MR) is 82.5 cm³/mol. The van der Waals surface area contributed by atoms with Gasteiger partial charge in [-0.25, -0.2) is 0 Å². The van der Waals surface area contributed by atoms with Crippen LogP contribution in [0.1, 0.15) is 32.6 Å². The minimum Gasteiger partial charge on any atom is -0.378 e. The number of hydrogen-bond acceptors (Lipinski definition) is 6. The molecule has 7 heteroatoms. The Hall–Kier alpha value is -1.89. The molecule has 1 aliphatic rings. The second-order valence-corrected chi connectivity index (χ2v) is 5.31. The van der Waals surface area contributed by atoms with Crippen LogP contribution in [0.25, 0.3) is 11.0 Å². The van der Waals surface area contributed by atoms with Crippen molar-refractivity contribution in [3.63, 3.8) is 0 Å². The average Bonchev–Trinajstić information content (AvgIpc) is 3.15. The van der Waals surface area contributed by atoms with Crippen LogP contribution in [0.4, 0.5) is 11.8 Å². The van der Waals surface area contributed by atoms with Gasteiger partial charge >= 0.3 is 0 Å². The molecule has 21 heavy (non-hydrogen) atoms. The van der Waals surface area contributed by atoms with Gasteiger partial charge in [0.05, 0.1) is 17.7 Å². The van der Waals surface area contributed by atoms with E-state index in [0.717, 1.165) is 55.8 Å². The Morgan fingerprint density at radius 2 is 2.29 bits per heavy atom. The summed E-state index contributed by atoms with van der Waals surface area (Å²) in [5.41, 5.74) is 0.753. The van der Waals surface area contributed by atoms with Crippen molar-refractivity contribution in [2.75, 3.05) is 30.3 Å². The van der Waals surface area contributed by atoms with Crippen molar-refractivity contribution in [2.45, 2.75) is 38.7 Å². The lowest BCUT2D eigenvalue weighted by atomic mass is 10.2. The molecule has 0 radical (unpaired) electrons. The molecule has 3 N–H and O–H groups in total. The standard InChI is InChI=1S/C14H22N6O/c1-2-6-16-14-18-12(11-9-17-20-13(11)19-14)15-7-5-10-4-3-8-21-10/h9-10H,2-8H2,1H3,(H3,15,16,17,18,19,20). The highest BCUT2D eigenvalue weighted by Crippen LogP contribution is 2.21. The summed E-state index contributed by atoms with van der Waals surface area (Å²) in [6.07, 6.45) is 6.52. The maximum absolute atomic E-state index is 5.64. The maximum Gasteiger partial charge on any atom is 0.226 e. The first-order valence-electron chi connectivity index (χ1n) is 7.67. The summed E-state index contributed by atoms with van der Waals surface area (Å²) in [6, 6.07) is 0. The van der Waals surface area contributed by atoms with Crippen LogP contribution >= 0.6 is 0 Å². The lowest BCUT2D eigenvalue weighted by Gasteiger charge is -2.12. The normalized spacial score (nSPS) is 18.2. The summed E-state index contributed by atoms with van der Waals surface area (Å²) in [5, 5.41) is 14.5. The number of H-pyrrole nitrogens is 1. The molecular weight excluding hydrogens is 268 g/mol. The van der Waals surface area contributed by atoms with Gasteiger partial charge in [-0.1, -0.05) is 6.92 Å². The van der Waals surface area contributed by atoms with Gasteiger partial charge in [-0.15, -0.1) is 0 Å². The average molecular weight is 290 g/mol. The predicted octanol–water partition coefficient (Wildman–Crippen LogP) is 2.16. The Balaban J connectivity index is 1.68. The smallest absolute Gasteiger partial charge is 0.226 e. The fourth-order valence-corrected chi connectivity index (χ4v) is 2.51. The summed E-state index contributed by atoms with van der Waals surface area (Å²) in [4.78, 5) is 8.95. The third kappa shape index (κ3) is 3.41. The number of hydrogen-bond donors (Lipinski definition) is 3. The van der Waals surface area contributed by atoms with Crippen molar-refractivity contribution in [3.05, 3.63) is 6.20 Å². The zero-order valence-electron chi connectivity index (χ0n) is 12.4. The van der Waals surface area contributed by atoms with Crippen LogP contribution in [0.3, 0.4) is 0 Å². The van der Waals surface area contributed by atoms with Gasteiger partial charge in [-0.3, -0.25) is 5.10 Å². The van der Waals surface area contributed by atoms with Crippen LogP contribution in [0.5, 0.6) is 0 Å². The summed E-state index contributed by atoms with van der Waals surface area (Å²) in [6.45, 7) is 4.71. The van der Waals surface area contributed by atoms with Crippen LogP contribution in [0.15, 0.2) is 6.20 Å². The second-order valence-electron chi connectivity index (χ2n) is 5.31. The van der Waals surface area contributed by atoms with Gasteiger partial charge in [0.2, 0.25) is 5.95 Å². The quantitative estimate of drug-likeness (QED) is 0.724. The molecule has 1 fully saturated rings. The number of nitrogens with one attached hydrogen (secondary N) is 3. The molecule has 0 aromatic carbocycles. The SMILES string of the molecule is CCCNc1nc(NCCC2CCCO2)c2cn[nH]c2n1. The Bertz CT molecular complexity index is 578. The van der Waals surface area contributed by atoms with Crippen LogP contribution < -0.4 is 10.6 Å². The molecule has 0 spiro atoms. The monoisotopic (exact) mass is 290 g/mol. The molecule has 1 saturated heterocycles. The highest BCUT2D eigenvalue weighted by Gasteiger charge is 2.15. The fraction of sp³-hybridized carbons (Fsp3) is 0.643. The summed E-state index contributed by atoms with van der Waals surface area (Å²) < 4.78 is 5.64. The highest BCUT2D eigenvalue weighted by molar-refractivity contribution is 5.86. The molecule has 0 amide bonds. The molecule has 3 rings (SSSR count). The van der Waals surface area contributed by atoms with Gasteiger partial charge in [0.15, 0.2) is 5.65 Å². The first-order valence-corrected chi connectivity index (χ1v) is 7.67. The lowest BCUT2D eigenvalue weighted by molar-refractivity contribution is 0.107. The van der Waals surface area contributed by atoms with Crippen molar-refractivity contribution in [3.8, 4) is 0 Å². The van der Waals surface area contributed by atoms with E-state index in [2.05, 4.69) is 37.7 Å². The molecule has 0 bridgehead atoms. The minimum atomic E-state index is 0.386. The van der Waals surface area contributed by atoms with Gasteiger partial charge in [0.1, 0.15) is 5.82 Å². The molecule has 0 saturated carbocycles. The number of anilines is 2. The molecular formula is C14H22N6O. The molecule has 2 aromatic rings. The summed E-state index contributed by atoms with van der Waals surface area (Å²) >= 11 is 0. The Kier molecular flexibility index (Phi) is 4.49. The Morgan fingerprint density at radius 3 is 3.10 bits per heavy atom. The molecule has 3 heterocycles. The van der Waals surface area contributed by atoms with Gasteiger partial charge in [0, 0.05) is 19.7 Å². The molecule has 0 aliphatic carbocycles. The fourth-order valence-electron chi connectivity index (χ4n) is 2.51. The number of aromatic amines is 1. The molecule has 1 aliphatic heterocycles. The number of rotatable bonds is 7. The van der Waals surface area contributed by atoms with Crippen molar-refractivity contribution in [1.82, 2.24) is 20.2 Å². The first-order chi connectivity index (χ1) is 10.4. The molecule has 1 unspecified atom stereocenters. The number of aromatic nitrogens is 4. The van der Waals surface area contributed by atoms with Crippen LogP contribution in [0, 0.1) is 0 Å². The van der Waals surface area contributed by atoms with Gasteiger partial charge in [0.25, 0.3) is 0 Å². The van der Waals surface area contributed by atoms with E-state index in [1.807, 2.05) is 0 Å². The zero-order chi connectivity index (χ0) is 14.5. The van der Waals surface area contributed by atoms with Crippen LogP contribution in [0.2, 0.25) is 0 Å². The minimum absolute atomic E-state index is 0.386. The van der Waals surface area contributed by atoms with Crippen LogP contribution in [-0.2, 0) is 4.74 Å². The van der Waals surface area contributed by atoms with E-state index in [-0.39, 0.29) is 0 Å². The van der Waals surface area contributed by atoms with E-state index in [1.54, 1.807) is 6.20 Å². The highest BCUT2D eigenvalue weighted by atomic mass is 16.5. The van der Waals surface area contributed by atoms with Crippen molar-refractivity contribution in [1.29, 1.82) is 0 Å². The van der Waals surface area contributed by atoms with E-state index < -0.39 is 0 Å². The number of ether oxygens (including phenoxy) is 1. The van der Waals surface area contributed by atoms with E-state index in [4.69, 9.17) is 4.74 Å². The third-order valence-corrected chi connectivity index (χ3v) is 3.63. The summed E-state index contributed by atoms with van der Waals surface area (Å²) in [5.74, 6) is 1.46. The largest absolute Gasteiger partial charge is 0.378 e. The van der Waals surface area contributed by atoms with E-state index in [1.165, 1.54) is 6.42 Å². The van der Waals surface area contributed by atoms with E-state index in [0.29, 0.717) is 12.1 Å². The van der Waals surface area contributed by atoms with Crippen molar-refractivity contribution in [2.24, 2.45) is 0 Å². The van der Waals surface area contributed by atoms with Crippen LogP contribution in [-0.4, -0.2) is 46.0 Å². The second kappa shape index (κ2) is 6.71. The number of fused-ring (bicyclic) bond motifs is 1. The Morgan fingerprint density at radius 1 is 1.33 bits per heavy atom. The molecule has 2 aromatic heterocycles. The Labute approximate surface area is 123 Å². The van der Waals surface area contributed by atoms with Crippen molar-refractivity contribution < 1.29 is 4.74 Å². The van der Waals surface area contributed by atoms with Gasteiger partial charge in [-0.05, 0) is 25.7 Å². The van der Waals surface area contributed by atoms with E-state index >= 15 is 0 Å². The number of nitrogens with zero attached hydrogens (tertiary/aromatic N) is 3. The van der Waals surface area contributed by atoms with Gasteiger partial charge in [-0.2, -0.15) is 15.1 Å². The zero-order valence-corrected chi connectivity index (χ0v) is 12.4. The molecule has 114 valence electrons. The van der Waals surface area contributed by atoms with Gasteiger partial charge < -0.3 is 15.4 Å². The summed E-state index contributed by atoms with van der Waals surface area (Å²) in [7, 11) is 0. The maximum atomic E-state index is 5.64. The lowest BCUT2D eigenvalue weighted by Crippen LogP contribution is -2.14. The van der Waals surface area contributed by atoms with E-state index in [9.17, 15) is 0 Å². The molecule has 7 nitrogen and oxygen atoms in total. The molecule has 1 atom stereocenters. The third-order valence-electron chi connectivity index (χ3n) is 3.63.